The van der Waals surface area contributed by atoms with Crippen LogP contribution in [-0.4, -0.2) is 22.1 Å². The Labute approximate surface area is 126 Å². The van der Waals surface area contributed by atoms with Gasteiger partial charge in [-0.2, -0.15) is 5.10 Å². The summed E-state index contributed by atoms with van der Waals surface area (Å²) in [5.41, 5.74) is 7.11. The van der Waals surface area contributed by atoms with Crippen LogP contribution in [0.3, 0.4) is 0 Å². The molecule has 1 rings (SSSR count). The quantitative estimate of drug-likeness (QED) is 0.802. The molecule has 5 heteroatoms. The summed E-state index contributed by atoms with van der Waals surface area (Å²) in [5, 5.41) is 5.10. The second-order valence-corrected chi connectivity index (χ2v) is 5.55. The number of nitrogens with two attached hydrogens (primary N) is 1. The first-order valence-corrected chi connectivity index (χ1v) is 7.84. The van der Waals surface area contributed by atoms with Gasteiger partial charge in [0.05, 0.1) is 22.8 Å². The van der Waals surface area contributed by atoms with Gasteiger partial charge in [-0.05, 0) is 26.2 Å². The number of carbonyl (C=O) groups is 1. The molecular formula is C15H26ClN3O. The van der Waals surface area contributed by atoms with E-state index < -0.39 is 5.41 Å². The van der Waals surface area contributed by atoms with Crippen LogP contribution in [0, 0.1) is 5.41 Å². The van der Waals surface area contributed by atoms with Crippen molar-refractivity contribution in [2.75, 3.05) is 6.54 Å². The summed E-state index contributed by atoms with van der Waals surface area (Å²) in [6.07, 6.45) is 2.61. The van der Waals surface area contributed by atoms with Crippen molar-refractivity contribution in [2.24, 2.45) is 11.1 Å². The van der Waals surface area contributed by atoms with E-state index in [1.807, 2.05) is 32.4 Å². The highest BCUT2D eigenvalue weighted by molar-refractivity contribution is 6.32. The van der Waals surface area contributed by atoms with E-state index in [-0.39, 0.29) is 5.78 Å². The monoisotopic (exact) mass is 299 g/mol. The first-order valence-electron chi connectivity index (χ1n) is 7.46. The normalized spacial score (nSPS) is 11.9. The Morgan fingerprint density at radius 1 is 1.30 bits per heavy atom. The molecule has 0 atom stereocenters. The van der Waals surface area contributed by atoms with Gasteiger partial charge in [0.1, 0.15) is 5.78 Å². The molecule has 20 heavy (non-hydrogen) atoms. The lowest BCUT2D eigenvalue weighted by atomic mass is 9.77. The fourth-order valence-electron chi connectivity index (χ4n) is 2.57. The summed E-state index contributed by atoms with van der Waals surface area (Å²) in [6, 6.07) is 0. The molecule has 1 aromatic heterocycles. The van der Waals surface area contributed by atoms with Crippen molar-refractivity contribution in [1.82, 2.24) is 9.78 Å². The van der Waals surface area contributed by atoms with Crippen molar-refractivity contribution >= 4 is 17.4 Å². The van der Waals surface area contributed by atoms with E-state index >= 15 is 0 Å². The zero-order valence-electron chi connectivity index (χ0n) is 13.0. The van der Waals surface area contributed by atoms with Gasteiger partial charge in [0.15, 0.2) is 0 Å². The van der Waals surface area contributed by atoms with Crippen LogP contribution >= 0.6 is 11.6 Å². The van der Waals surface area contributed by atoms with E-state index in [2.05, 4.69) is 5.10 Å². The molecule has 1 heterocycles. The molecule has 114 valence electrons. The number of rotatable bonds is 8. The standard InChI is InChI=1S/C15H26ClN3O/c1-5-11-14(16)12(19(8-4)18-11)9-13(20)15(6-2,7-3)10-17/h5-10,17H2,1-4H3. The first-order chi connectivity index (χ1) is 9.49. The van der Waals surface area contributed by atoms with Gasteiger partial charge in [-0.3, -0.25) is 9.48 Å². The van der Waals surface area contributed by atoms with Crippen molar-refractivity contribution in [3.8, 4) is 0 Å². The summed E-state index contributed by atoms with van der Waals surface area (Å²) in [6.45, 7) is 9.16. The maximum Gasteiger partial charge on any atom is 0.146 e. The number of carbonyl (C=O) groups excluding carboxylic acids is 1. The summed E-state index contributed by atoms with van der Waals surface area (Å²) in [4.78, 5) is 12.7. The SMILES string of the molecule is CCc1nn(CC)c(CC(=O)C(CC)(CC)CN)c1Cl. The van der Waals surface area contributed by atoms with Crippen LogP contribution in [0.25, 0.3) is 0 Å². The molecule has 2 N–H and O–H groups in total. The van der Waals surface area contributed by atoms with Gasteiger partial charge in [-0.15, -0.1) is 0 Å². The lowest BCUT2D eigenvalue weighted by Gasteiger charge is -2.28. The molecule has 0 saturated heterocycles. The van der Waals surface area contributed by atoms with Crippen LogP contribution in [0.5, 0.6) is 0 Å². The highest BCUT2D eigenvalue weighted by Crippen LogP contribution is 2.30. The topological polar surface area (TPSA) is 60.9 Å². The predicted octanol–water partition coefficient (Wildman–Crippen LogP) is 3.00. The Hall–Kier alpha value is -0.870. The van der Waals surface area contributed by atoms with Crippen LogP contribution in [0.2, 0.25) is 5.02 Å². The van der Waals surface area contributed by atoms with Crippen molar-refractivity contribution in [3.05, 3.63) is 16.4 Å². The predicted molar refractivity (Wildman–Crippen MR) is 83.1 cm³/mol. The van der Waals surface area contributed by atoms with Crippen LogP contribution in [0.4, 0.5) is 0 Å². The molecule has 0 aromatic carbocycles. The summed E-state index contributed by atoms with van der Waals surface area (Å²) in [7, 11) is 0. The first kappa shape index (κ1) is 17.2. The number of ketones is 1. The fourth-order valence-corrected chi connectivity index (χ4v) is 2.91. The number of aryl methyl sites for hydroxylation is 2. The molecule has 0 spiro atoms. The van der Waals surface area contributed by atoms with Crippen LogP contribution in [0.15, 0.2) is 0 Å². The van der Waals surface area contributed by atoms with Gasteiger partial charge in [-0.1, -0.05) is 32.4 Å². The minimum atomic E-state index is -0.432. The van der Waals surface area contributed by atoms with E-state index in [0.29, 0.717) is 18.0 Å². The lowest BCUT2D eigenvalue weighted by Crippen LogP contribution is -2.39. The second-order valence-electron chi connectivity index (χ2n) is 5.17. The van der Waals surface area contributed by atoms with Crippen LogP contribution < -0.4 is 5.73 Å². The molecule has 0 saturated carbocycles. The molecular weight excluding hydrogens is 274 g/mol. The Morgan fingerprint density at radius 3 is 2.30 bits per heavy atom. The highest BCUT2D eigenvalue weighted by Gasteiger charge is 2.34. The van der Waals surface area contributed by atoms with E-state index in [0.717, 1.165) is 37.2 Å². The summed E-state index contributed by atoms with van der Waals surface area (Å²) >= 11 is 6.37. The third-order valence-electron chi connectivity index (χ3n) is 4.36. The minimum Gasteiger partial charge on any atom is -0.329 e. The number of halogens is 1. The van der Waals surface area contributed by atoms with E-state index in [9.17, 15) is 4.79 Å². The van der Waals surface area contributed by atoms with E-state index in [4.69, 9.17) is 17.3 Å². The Balaban J connectivity index is 3.09. The Kier molecular flexibility index (Phi) is 6.21. The van der Waals surface area contributed by atoms with E-state index in [1.165, 1.54) is 0 Å². The summed E-state index contributed by atoms with van der Waals surface area (Å²) < 4.78 is 1.84. The molecule has 0 radical (unpaired) electrons. The number of Topliss-reactive ketones (excluding diaryl/α,β-unsaturated/α-hetero) is 1. The molecule has 0 amide bonds. The number of aromatic nitrogens is 2. The number of hydrogen-bond acceptors (Lipinski definition) is 3. The maximum atomic E-state index is 12.7. The molecule has 0 aliphatic rings. The van der Waals surface area contributed by atoms with Crippen molar-refractivity contribution in [2.45, 2.75) is 59.9 Å². The Bertz CT molecular complexity index is 456. The minimum absolute atomic E-state index is 0.171. The van der Waals surface area contributed by atoms with Crippen LogP contribution in [-0.2, 0) is 24.2 Å². The molecule has 0 aliphatic carbocycles. The average Bonchev–Trinajstić information content (AvgIpc) is 2.78. The lowest BCUT2D eigenvalue weighted by molar-refractivity contribution is -0.128. The second kappa shape index (κ2) is 7.23. The van der Waals surface area contributed by atoms with Crippen molar-refractivity contribution in [1.29, 1.82) is 0 Å². The van der Waals surface area contributed by atoms with Gasteiger partial charge < -0.3 is 5.73 Å². The molecule has 0 fully saturated rings. The molecule has 4 nitrogen and oxygen atoms in total. The van der Waals surface area contributed by atoms with Gasteiger partial charge in [0, 0.05) is 18.5 Å². The molecule has 0 unspecified atom stereocenters. The fraction of sp³-hybridized carbons (Fsp3) is 0.733. The third kappa shape index (κ3) is 3.07. The highest BCUT2D eigenvalue weighted by atomic mass is 35.5. The van der Waals surface area contributed by atoms with Gasteiger partial charge in [0.25, 0.3) is 0 Å². The molecule has 0 aliphatic heterocycles. The van der Waals surface area contributed by atoms with Crippen molar-refractivity contribution in [3.63, 3.8) is 0 Å². The van der Waals surface area contributed by atoms with Gasteiger partial charge in [0.2, 0.25) is 0 Å². The average molecular weight is 300 g/mol. The third-order valence-corrected chi connectivity index (χ3v) is 4.79. The zero-order chi connectivity index (χ0) is 15.3. The molecule has 0 bridgehead atoms. The number of nitrogens with zero attached hydrogens (tertiary/aromatic N) is 2. The van der Waals surface area contributed by atoms with E-state index in [1.54, 1.807) is 0 Å². The van der Waals surface area contributed by atoms with Crippen molar-refractivity contribution < 1.29 is 4.79 Å². The maximum absolute atomic E-state index is 12.7. The van der Waals surface area contributed by atoms with Gasteiger partial charge in [-0.25, -0.2) is 0 Å². The summed E-state index contributed by atoms with van der Waals surface area (Å²) in [5.74, 6) is 0.171. The zero-order valence-corrected chi connectivity index (χ0v) is 13.8. The smallest absolute Gasteiger partial charge is 0.146 e. The van der Waals surface area contributed by atoms with Gasteiger partial charge >= 0.3 is 0 Å². The Morgan fingerprint density at radius 2 is 1.90 bits per heavy atom. The molecule has 1 aromatic rings. The van der Waals surface area contributed by atoms with Crippen LogP contribution in [0.1, 0.15) is 51.9 Å². The largest absolute Gasteiger partial charge is 0.329 e. The number of hydrogen-bond donors (Lipinski definition) is 1.